The molecule has 0 radical (unpaired) electrons. The van der Waals surface area contributed by atoms with Gasteiger partial charge >= 0.3 is 0 Å². The summed E-state index contributed by atoms with van der Waals surface area (Å²) < 4.78 is 0. The predicted octanol–water partition coefficient (Wildman–Crippen LogP) is 2.56. The van der Waals surface area contributed by atoms with Crippen LogP contribution in [-0.4, -0.2) is 30.2 Å². The molecule has 0 bridgehead atoms. The van der Waals surface area contributed by atoms with Crippen molar-refractivity contribution in [1.82, 2.24) is 4.90 Å². The van der Waals surface area contributed by atoms with Gasteiger partial charge in [0.15, 0.2) is 0 Å². The molecule has 1 amide bonds. The number of carbonyl (C=O) groups excluding carboxylic acids is 2. The Morgan fingerprint density at radius 2 is 1.83 bits per heavy atom. The van der Waals surface area contributed by atoms with E-state index in [2.05, 4.69) is 0 Å². The summed E-state index contributed by atoms with van der Waals surface area (Å²) in [4.78, 5) is 25.5. The molecule has 18 heavy (non-hydrogen) atoms. The largest absolute Gasteiger partial charge is 0.343 e. The highest BCUT2D eigenvalue weighted by Gasteiger charge is 2.33. The number of allylic oxidation sites excluding steroid dienone is 2. The van der Waals surface area contributed by atoms with E-state index in [0.717, 1.165) is 32.0 Å². The van der Waals surface area contributed by atoms with Crippen molar-refractivity contribution >= 4 is 12.2 Å². The van der Waals surface area contributed by atoms with Crippen LogP contribution in [0.5, 0.6) is 0 Å². The fourth-order valence-electron chi connectivity index (χ4n) is 3.18. The Kier molecular flexibility index (Phi) is 4.56. The van der Waals surface area contributed by atoms with Crippen LogP contribution in [0.2, 0.25) is 0 Å². The minimum Gasteiger partial charge on any atom is -0.343 e. The molecular formula is C15H23NO2. The van der Waals surface area contributed by atoms with Crippen LogP contribution in [0.4, 0.5) is 0 Å². The zero-order chi connectivity index (χ0) is 13.0. The molecule has 1 saturated carbocycles. The molecule has 0 aromatic carbocycles. The zero-order valence-electron chi connectivity index (χ0n) is 11.2. The maximum Gasteiger partial charge on any atom is 0.226 e. The summed E-state index contributed by atoms with van der Waals surface area (Å²) in [6, 6.07) is 0.393. The van der Waals surface area contributed by atoms with Crippen molar-refractivity contribution in [2.45, 2.75) is 51.0 Å². The highest BCUT2D eigenvalue weighted by molar-refractivity contribution is 5.82. The van der Waals surface area contributed by atoms with E-state index in [-0.39, 0.29) is 17.7 Å². The van der Waals surface area contributed by atoms with Gasteiger partial charge in [-0.3, -0.25) is 4.79 Å². The second kappa shape index (κ2) is 6.17. The molecule has 0 heterocycles. The quantitative estimate of drug-likeness (QED) is 0.569. The lowest BCUT2D eigenvalue weighted by Gasteiger charge is -2.35. The fraction of sp³-hybridized carbons (Fsp3) is 0.733. The van der Waals surface area contributed by atoms with Crippen LogP contribution >= 0.6 is 0 Å². The van der Waals surface area contributed by atoms with E-state index in [1.165, 1.54) is 19.3 Å². The van der Waals surface area contributed by atoms with Gasteiger partial charge in [0, 0.05) is 19.0 Å². The van der Waals surface area contributed by atoms with Crippen molar-refractivity contribution in [2.24, 2.45) is 11.8 Å². The van der Waals surface area contributed by atoms with E-state index < -0.39 is 0 Å². The monoisotopic (exact) mass is 249 g/mol. The molecule has 2 aliphatic rings. The molecule has 0 N–H and O–H groups in total. The first-order valence-corrected chi connectivity index (χ1v) is 7.11. The number of aldehydes is 1. The number of nitrogens with zero attached hydrogens (tertiary/aromatic N) is 1. The molecule has 2 atom stereocenters. The van der Waals surface area contributed by atoms with Gasteiger partial charge in [0.25, 0.3) is 0 Å². The van der Waals surface area contributed by atoms with Crippen LogP contribution in [0.1, 0.15) is 44.9 Å². The van der Waals surface area contributed by atoms with E-state index in [9.17, 15) is 9.59 Å². The third kappa shape index (κ3) is 2.82. The lowest BCUT2D eigenvalue weighted by Crippen LogP contribution is -2.44. The Labute approximate surface area is 109 Å². The minimum absolute atomic E-state index is 0.117. The van der Waals surface area contributed by atoms with E-state index in [0.29, 0.717) is 6.04 Å². The van der Waals surface area contributed by atoms with Gasteiger partial charge in [0.1, 0.15) is 6.29 Å². The summed E-state index contributed by atoms with van der Waals surface area (Å²) in [5.74, 6) is -0.0729. The normalized spacial score (nSPS) is 28.9. The average Bonchev–Trinajstić information content (AvgIpc) is 2.46. The van der Waals surface area contributed by atoms with Crippen LogP contribution in [-0.2, 0) is 9.59 Å². The molecule has 0 aromatic heterocycles. The Hall–Kier alpha value is -1.12. The molecule has 2 aliphatic carbocycles. The number of rotatable bonds is 3. The van der Waals surface area contributed by atoms with Gasteiger partial charge < -0.3 is 9.69 Å². The lowest BCUT2D eigenvalue weighted by atomic mass is 9.82. The van der Waals surface area contributed by atoms with Gasteiger partial charge in [-0.1, -0.05) is 31.4 Å². The van der Waals surface area contributed by atoms with Crippen molar-refractivity contribution < 1.29 is 9.59 Å². The van der Waals surface area contributed by atoms with Gasteiger partial charge in [-0.25, -0.2) is 0 Å². The summed E-state index contributed by atoms with van der Waals surface area (Å²) in [6.45, 7) is 0. The van der Waals surface area contributed by atoms with Crippen LogP contribution in [0, 0.1) is 11.8 Å². The molecular weight excluding hydrogens is 226 g/mol. The first kappa shape index (κ1) is 13.3. The highest BCUT2D eigenvalue weighted by Crippen LogP contribution is 2.28. The van der Waals surface area contributed by atoms with Crippen molar-refractivity contribution in [3.8, 4) is 0 Å². The van der Waals surface area contributed by atoms with Crippen LogP contribution in [0.15, 0.2) is 12.2 Å². The molecule has 1 fully saturated rings. The van der Waals surface area contributed by atoms with Crippen molar-refractivity contribution in [3.63, 3.8) is 0 Å². The molecule has 0 aromatic rings. The van der Waals surface area contributed by atoms with Gasteiger partial charge in [-0.2, -0.15) is 0 Å². The van der Waals surface area contributed by atoms with Crippen LogP contribution < -0.4 is 0 Å². The molecule has 0 saturated heterocycles. The molecule has 2 unspecified atom stereocenters. The molecule has 3 heteroatoms. The van der Waals surface area contributed by atoms with Gasteiger partial charge in [-0.05, 0) is 25.7 Å². The van der Waals surface area contributed by atoms with Crippen LogP contribution in [0.25, 0.3) is 0 Å². The predicted molar refractivity (Wildman–Crippen MR) is 71.1 cm³/mol. The molecule has 2 rings (SSSR count). The van der Waals surface area contributed by atoms with Crippen molar-refractivity contribution in [1.29, 1.82) is 0 Å². The first-order valence-electron chi connectivity index (χ1n) is 7.11. The highest BCUT2D eigenvalue weighted by atomic mass is 16.2. The van der Waals surface area contributed by atoms with E-state index in [4.69, 9.17) is 0 Å². The molecule has 0 spiro atoms. The fourth-order valence-corrected chi connectivity index (χ4v) is 3.18. The van der Waals surface area contributed by atoms with Gasteiger partial charge in [0.2, 0.25) is 5.91 Å². The van der Waals surface area contributed by atoms with E-state index in [1.54, 1.807) is 0 Å². The number of hydrogen-bond acceptors (Lipinski definition) is 2. The maximum absolute atomic E-state index is 12.5. The topological polar surface area (TPSA) is 37.4 Å². The molecule has 0 aliphatic heterocycles. The average molecular weight is 249 g/mol. The second-order valence-electron chi connectivity index (χ2n) is 5.59. The third-order valence-corrected chi connectivity index (χ3v) is 4.44. The van der Waals surface area contributed by atoms with Gasteiger partial charge in [-0.15, -0.1) is 0 Å². The number of amides is 1. The number of hydrogen-bond donors (Lipinski definition) is 0. The summed E-state index contributed by atoms with van der Waals surface area (Å²) in [6.07, 6.45) is 12.4. The Morgan fingerprint density at radius 3 is 2.50 bits per heavy atom. The summed E-state index contributed by atoms with van der Waals surface area (Å²) >= 11 is 0. The van der Waals surface area contributed by atoms with Crippen LogP contribution in [0.3, 0.4) is 0 Å². The van der Waals surface area contributed by atoms with E-state index >= 15 is 0 Å². The SMILES string of the molecule is CN(C(=O)C1CC=CCC1C=O)C1CCCCC1. The summed E-state index contributed by atoms with van der Waals surface area (Å²) in [5.41, 5.74) is 0. The first-order chi connectivity index (χ1) is 8.74. The Morgan fingerprint density at radius 1 is 1.17 bits per heavy atom. The van der Waals surface area contributed by atoms with Crippen molar-refractivity contribution in [2.75, 3.05) is 7.05 Å². The number of carbonyl (C=O) groups is 2. The lowest BCUT2D eigenvalue weighted by molar-refractivity contribution is -0.140. The smallest absolute Gasteiger partial charge is 0.226 e. The second-order valence-corrected chi connectivity index (χ2v) is 5.59. The minimum atomic E-state index is -0.126. The molecule has 100 valence electrons. The standard InChI is InChI=1S/C15H23NO2/c1-16(13-8-3-2-4-9-13)15(18)14-10-6-5-7-12(14)11-17/h5-6,11-14H,2-4,7-10H2,1H3. The summed E-state index contributed by atoms with van der Waals surface area (Å²) in [7, 11) is 1.92. The Bertz CT molecular complexity index is 331. The van der Waals surface area contributed by atoms with Crippen molar-refractivity contribution in [3.05, 3.63) is 12.2 Å². The van der Waals surface area contributed by atoms with E-state index in [1.807, 2.05) is 24.1 Å². The Balaban J connectivity index is 2.00. The molecule has 3 nitrogen and oxygen atoms in total. The third-order valence-electron chi connectivity index (χ3n) is 4.44. The maximum atomic E-state index is 12.5. The van der Waals surface area contributed by atoms with Gasteiger partial charge in [0.05, 0.1) is 5.92 Å². The zero-order valence-corrected chi connectivity index (χ0v) is 11.2. The summed E-state index contributed by atoms with van der Waals surface area (Å²) in [5, 5.41) is 0.